The van der Waals surface area contributed by atoms with E-state index >= 15 is 0 Å². The fourth-order valence-corrected chi connectivity index (χ4v) is 3.34. The number of aliphatic hydroxyl groups excluding tert-OH is 1. The van der Waals surface area contributed by atoms with Crippen LogP contribution in [0.25, 0.3) is 22.3 Å². The summed E-state index contributed by atoms with van der Waals surface area (Å²) in [4.78, 5) is 10.7. The zero-order valence-corrected chi connectivity index (χ0v) is 16.0. The molecular formula is C23H19NO5. The van der Waals surface area contributed by atoms with Crippen LogP contribution in [0, 0.1) is 4.91 Å². The minimum Gasteiger partial charge on any atom is -0.497 e. The number of hydrogen-bond acceptors (Lipinski definition) is 6. The van der Waals surface area contributed by atoms with E-state index in [0.717, 1.165) is 16.7 Å². The van der Waals surface area contributed by atoms with E-state index in [1.807, 2.05) is 36.4 Å². The second-order valence-corrected chi connectivity index (χ2v) is 6.52. The molecule has 146 valence electrons. The number of methoxy groups -OCH3 is 2. The van der Waals surface area contributed by atoms with Crippen molar-refractivity contribution in [3.8, 4) is 22.8 Å². The SMILES string of the molecule is COc1ccc(-c2oc3cc(OC)ccc3c2C(O)c2ccc(N=O)cc2)cc1. The summed E-state index contributed by atoms with van der Waals surface area (Å²) in [6.07, 6.45) is -0.956. The van der Waals surface area contributed by atoms with Crippen LogP contribution in [0.2, 0.25) is 0 Å². The molecule has 1 aromatic heterocycles. The topological polar surface area (TPSA) is 81.3 Å². The van der Waals surface area contributed by atoms with Crippen molar-refractivity contribution in [1.29, 1.82) is 0 Å². The quantitative estimate of drug-likeness (QED) is 0.434. The van der Waals surface area contributed by atoms with Gasteiger partial charge in [-0.05, 0) is 59.3 Å². The van der Waals surface area contributed by atoms with Crippen LogP contribution in [0.5, 0.6) is 11.5 Å². The molecule has 0 fully saturated rings. The third-order valence-corrected chi connectivity index (χ3v) is 4.88. The van der Waals surface area contributed by atoms with E-state index in [1.165, 1.54) is 0 Å². The molecule has 0 aliphatic rings. The van der Waals surface area contributed by atoms with Gasteiger partial charge in [-0.1, -0.05) is 12.1 Å². The predicted octanol–water partition coefficient (Wildman–Crippen LogP) is 5.60. The zero-order valence-electron chi connectivity index (χ0n) is 16.0. The van der Waals surface area contributed by atoms with Crippen molar-refractivity contribution in [2.75, 3.05) is 14.2 Å². The van der Waals surface area contributed by atoms with Crippen molar-refractivity contribution < 1.29 is 19.0 Å². The average Bonchev–Trinajstić information content (AvgIpc) is 3.17. The Balaban J connectivity index is 1.89. The van der Waals surface area contributed by atoms with E-state index < -0.39 is 6.10 Å². The molecule has 4 aromatic rings. The molecule has 6 nitrogen and oxygen atoms in total. The van der Waals surface area contributed by atoms with Crippen molar-refractivity contribution >= 4 is 16.7 Å². The molecule has 1 unspecified atom stereocenters. The van der Waals surface area contributed by atoms with Gasteiger partial charge in [0.2, 0.25) is 0 Å². The maximum atomic E-state index is 11.2. The second-order valence-electron chi connectivity index (χ2n) is 6.52. The lowest BCUT2D eigenvalue weighted by Gasteiger charge is -2.13. The van der Waals surface area contributed by atoms with Gasteiger partial charge >= 0.3 is 0 Å². The number of nitrogens with zero attached hydrogens (tertiary/aromatic N) is 1. The first-order chi connectivity index (χ1) is 14.1. The molecule has 0 bridgehead atoms. The maximum Gasteiger partial charge on any atom is 0.141 e. The molecule has 3 aromatic carbocycles. The van der Waals surface area contributed by atoms with Crippen molar-refractivity contribution in [2.24, 2.45) is 5.18 Å². The minimum atomic E-state index is -0.956. The Kier molecular flexibility index (Phi) is 5.01. The Hall–Kier alpha value is -3.64. The van der Waals surface area contributed by atoms with Gasteiger partial charge < -0.3 is 19.0 Å². The standard InChI is InChI=1S/C23H19NO5/c1-27-17-9-5-15(6-10-17)23-21(19-12-11-18(28-2)13-20(19)29-23)22(25)14-3-7-16(24-26)8-4-14/h3-13,22,25H,1-2H3. The fourth-order valence-electron chi connectivity index (χ4n) is 3.34. The van der Waals surface area contributed by atoms with Gasteiger partial charge in [-0.25, -0.2) is 0 Å². The van der Waals surface area contributed by atoms with Crippen LogP contribution in [0.3, 0.4) is 0 Å². The van der Waals surface area contributed by atoms with Crippen LogP contribution in [-0.2, 0) is 0 Å². The van der Waals surface area contributed by atoms with Gasteiger partial charge in [-0.15, -0.1) is 4.91 Å². The lowest BCUT2D eigenvalue weighted by atomic mass is 9.96. The van der Waals surface area contributed by atoms with Crippen LogP contribution < -0.4 is 9.47 Å². The first-order valence-electron chi connectivity index (χ1n) is 9.01. The Morgan fingerprint density at radius 3 is 2.17 bits per heavy atom. The fraction of sp³-hybridized carbons (Fsp3) is 0.130. The van der Waals surface area contributed by atoms with E-state index in [1.54, 1.807) is 44.6 Å². The largest absolute Gasteiger partial charge is 0.497 e. The highest BCUT2D eigenvalue weighted by Gasteiger charge is 2.24. The van der Waals surface area contributed by atoms with Crippen LogP contribution in [-0.4, -0.2) is 19.3 Å². The van der Waals surface area contributed by atoms with Crippen molar-refractivity contribution in [2.45, 2.75) is 6.10 Å². The van der Waals surface area contributed by atoms with Gasteiger partial charge in [0.1, 0.15) is 34.6 Å². The summed E-state index contributed by atoms with van der Waals surface area (Å²) >= 11 is 0. The predicted molar refractivity (Wildman–Crippen MR) is 111 cm³/mol. The molecule has 0 spiro atoms. The molecule has 1 atom stereocenters. The molecule has 29 heavy (non-hydrogen) atoms. The third-order valence-electron chi connectivity index (χ3n) is 4.88. The second kappa shape index (κ2) is 7.77. The Bertz CT molecular complexity index is 1150. The number of rotatable bonds is 6. The van der Waals surface area contributed by atoms with Gasteiger partial charge in [0.25, 0.3) is 0 Å². The van der Waals surface area contributed by atoms with E-state index in [4.69, 9.17) is 13.9 Å². The summed E-state index contributed by atoms with van der Waals surface area (Å²) < 4.78 is 16.7. The van der Waals surface area contributed by atoms with Crippen LogP contribution in [0.1, 0.15) is 17.2 Å². The number of hydrogen-bond donors (Lipinski definition) is 1. The summed E-state index contributed by atoms with van der Waals surface area (Å²) in [5.74, 6) is 1.95. The summed E-state index contributed by atoms with van der Waals surface area (Å²) in [6, 6.07) is 19.4. The van der Waals surface area contributed by atoms with Gasteiger partial charge in [0, 0.05) is 22.6 Å². The normalized spacial score (nSPS) is 12.0. The first-order valence-corrected chi connectivity index (χ1v) is 9.01. The summed E-state index contributed by atoms with van der Waals surface area (Å²) in [5.41, 5.74) is 2.99. The minimum absolute atomic E-state index is 0.304. The molecular weight excluding hydrogens is 370 g/mol. The monoisotopic (exact) mass is 389 g/mol. The smallest absolute Gasteiger partial charge is 0.141 e. The Morgan fingerprint density at radius 2 is 1.55 bits per heavy atom. The Labute approximate surface area is 167 Å². The van der Waals surface area contributed by atoms with Gasteiger partial charge in [-0.2, -0.15) is 0 Å². The molecule has 1 heterocycles. The third kappa shape index (κ3) is 3.46. The first kappa shape index (κ1) is 18.7. The molecule has 0 aliphatic carbocycles. The molecule has 0 saturated carbocycles. The van der Waals surface area contributed by atoms with Gasteiger partial charge in [0.05, 0.1) is 14.2 Å². The zero-order chi connectivity index (χ0) is 20.4. The van der Waals surface area contributed by atoms with Crippen LogP contribution >= 0.6 is 0 Å². The van der Waals surface area contributed by atoms with Crippen molar-refractivity contribution in [1.82, 2.24) is 0 Å². The highest BCUT2D eigenvalue weighted by atomic mass is 16.5. The average molecular weight is 389 g/mol. The number of ether oxygens (including phenoxy) is 2. The highest BCUT2D eigenvalue weighted by molar-refractivity contribution is 5.90. The molecule has 0 radical (unpaired) electrons. The maximum absolute atomic E-state index is 11.2. The van der Waals surface area contributed by atoms with Crippen LogP contribution in [0.15, 0.2) is 76.3 Å². The number of furan rings is 1. The highest BCUT2D eigenvalue weighted by Crippen LogP contribution is 2.41. The lowest BCUT2D eigenvalue weighted by molar-refractivity contribution is 0.221. The lowest BCUT2D eigenvalue weighted by Crippen LogP contribution is -2.00. The van der Waals surface area contributed by atoms with Crippen molar-refractivity contribution in [3.63, 3.8) is 0 Å². The molecule has 6 heteroatoms. The van der Waals surface area contributed by atoms with Crippen LogP contribution in [0.4, 0.5) is 5.69 Å². The summed E-state index contributed by atoms with van der Waals surface area (Å²) in [6.45, 7) is 0. The molecule has 0 aliphatic heterocycles. The van der Waals surface area contributed by atoms with E-state index in [9.17, 15) is 10.0 Å². The molecule has 4 rings (SSSR count). The van der Waals surface area contributed by atoms with E-state index in [0.29, 0.717) is 33.9 Å². The number of nitroso groups, excluding NO2 is 1. The molecule has 0 amide bonds. The van der Waals surface area contributed by atoms with E-state index in [-0.39, 0.29) is 0 Å². The Morgan fingerprint density at radius 1 is 0.897 bits per heavy atom. The summed E-state index contributed by atoms with van der Waals surface area (Å²) in [5, 5.41) is 14.9. The molecule has 1 N–H and O–H groups in total. The van der Waals surface area contributed by atoms with Gasteiger partial charge in [0.15, 0.2) is 0 Å². The number of benzene rings is 3. The van der Waals surface area contributed by atoms with Gasteiger partial charge in [-0.3, -0.25) is 0 Å². The number of fused-ring (bicyclic) bond motifs is 1. The summed E-state index contributed by atoms with van der Waals surface area (Å²) in [7, 11) is 3.20. The number of aliphatic hydroxyl groups is 1. The van der Waals surface area contributed by atoms with E-state index in [2.05, 4.69) is 5.18 Å². The van der Waals surface area contributed by atoms with Crippen molar-refractivity contribution in [3.05, 3.63) is 82.8 Å². The molecule has 0 saturated heterocycles.